The van der Waals surface area contributed by atoms with Crippen molar-refractivity contribution in [3.8, 4) is 0 Å². The highest BCUT2D eigenvalue weighted by molar-refractivity contribution is 9.11. The van der Waals surface area contributed by atoms with Gasteiger partial charge in [-0.25, -0.2) is 4.79 Å². The van der Waals surface area contributed by atoms with E-state index in [-0.39, 0.29) is 16.8 Å². The van der Waals surface area contributed by atoms with Crippen LogP contribution < -0.4 is 5.32 Å². The van der Waals surface area contributed by atoms with E-state index < -0.39 is 12.5 Å². The van der Waals surface area contributed by atoms with Gasteiger partial charge in [0.05, 0.1) is 11.2 Å². The summed E-state index contributed by atoms with van der Waals surface area (Å²) < 4.78 is 27.9. The number of carbonyl (C=O) groups is 1. The molecule has 0 amide bonds. The number of alkyl halides is 2. The van der Waals surface area contributed by atoms with Crippen LogP contribution in [-0.2, 0) is 9.53 Å². The predicted molar refractivity (Wildman–Crippen MR) is 50.5 cm³/mol. The second kappa shape index (κ2) is 6.47. The standard InChI is InChI=1S/C7H9BrF2N2O2/c1-2-14-6(13)4(3-11)5(8)12-7(9)10/h3,7,11-12H,2H2,1H3/b5-4+,11-3?. The zero-order chi connectivity index (χ0) is 11.1. The minimum absolute atomic E-state index is 0.116. The van der Waals surface area contributed by atoms with E-state index in [9.17, 15) is 13.6 Å². The lowest BCUT2D eigenvalue weighted by Gasteiger charge is -2.07. The van der Waals surface area contributed by atoms with Crippen LogP contribution in [0, 0.1) is 5.41 Å². The third-order valence-electron chi connectivity index (χ3n) is 1.11. The molecule has 0 bridgehead atoms. The van der Waals surface area contributed by atoms with Crippen molar-refractivity contribution in [2.75, 3.05) is 6.61 Å². The van der Waals surface area contributed by atoms with E-state index in [2.05, 4.69) is 20.7 Å². The van der Waals surface area contributed by atoms with E-state index >= 15 is 0 Å². The van der Waals surface area contributed by atoms with Gasteiger partial charge in [-0.2, -0.15) is 8.78 Å². The summed E-state index contributed by atoms with van der Waals surface area (Å²) in [6.45, 7) is -1.12. The molecule has 0 fully saturated rings. The molecule has 0 aromatic carbocycles. The molecular formula is C7H9BrF2N2O2. The maximum Gasteiger partial charge on any atom is 0.342 e. The average Bonchev–Trinajstić information content (AvgIpc) is 2.04. The monoisotopic (exact) mass is 270 g/mol. The van der Waals surface area contributed by atoms with Crippen molar-refractivity contribution in [1.29, 1.82) is 5.41 Å². The van der Waals surface area contributed by atoms with E-state index in [0.29, 0.717) is 6.21 Å². The van der Waals surface area contributed by atoms with E-state index in [1.165, 1.54) is 0 Å². The lowest BCUT2D eigenvalue weighted by Crippen LogP contribution is -2.21. The molecule has 0 heterocycles. The Morgan fingerprint density at radius 3 is 2.64 bits per heavy atom. The Labute approximate surface area is 87.9 Å². The van der Waals surface area contributed by atoms with Crippen LogP contribution in [0.4, 0.5) is 8.78 Å². The minimum atomic E-state index is -2.81. The van der Waals surface area contributed by atoms with Crippen molar-refractivity contribution in [2.45, 2.75) is 13.5 Å². The molecule has 0 aliphatic carbocycles. The van der Waals surface area contributed by atoms with Crippen molar-refractivity contribution >= 4 is 28.1 Å². The Morgan fingerprint density at radius 1 is 1.71 bits per heavy atom. The molecule has 0 aliphatic rings. The van der Waals surface area contributed by atoms with Crippen molar-refractivity contribution in [2.24, 2.45) is 0 Å². The zero-order valence-electron chi connectivity index (χ0n) is 7.31. The third kappa shape index (κ3) is 4.31. The SMILES string of the molecule is CCOC(=O)/C(C=N)=C(\Br)NC(F)F. The van der Waals surface area contributed by atoms with Crippen molar-refractivity contribution in [3.05, 3.63) is 10.2 Å². The molecule has 0 aromatic heterocycles. The first-order valence-electron chi connectivity index (χ1n) is 3.65. The van der Waals surface area contributed by atoms with Crippen molar-refractivity contribution < 1.29 is 18.3 Å². The molecular weight excluding hydrogens is 262 g/mol. The summed E-state index contributed by atoms with van der Waals surface area (Å²) in [7, 11) is 0. The number of hydrogen-bond acceptors (Lipinski definition) is 4. The Bertz CT molecular complexity index is 256. The number of rotatable bonds is 5. The molecule has 0 spiro atoms. The number of nitrogens with one attached hydrogen (secondary N) is 2. The maximum absolute atomic E-state index is 11.8. The average molecular weight is 271 g/mol. The highest BCUT2D eigenvalue weighted by Gasteiger charge is 2.14. The number of esters is 1. The second-order valence-corrected chi connectivity index (χ2v) is 2.83. The number of hydrogen-bond donors (Lipinski definition) is 2. The van der Waals surface area contributed by atoms with E-state index in [0.717, 1.165) is 0 Å². The fourth-order valence-corrected chi connectivity index (χ4v) is 1.04. The predicted octanol–water partition coefficient (Wildman–Crippen LogP) is 1.62. The Kier molecular flexibility index (Phi) is 6.02. The highest BCUT2D eigenvalue weighted by atomic mass is 79.9. The summed E-state index contributed by atoms with van der Waals surface area (Å²) in [6, 6.07) is 0. The Morgan fingerprint density at radius 2 is 2.29 bits per heavy atom. The van der Waals surface area contributed by atoms with Gasteiger partial charge >= 0.3 is 12.5 Å². The minimum Gasteiger partial charge on any atom is -0.462 e. The topological polar surface area (TPSA) is 62.2 Å². The molecule has 0 aromatic rings. The molecule has 0 rings (SSSR count). The first-order valence-corrected chi connectivity index (χ1v) is 4.44. The van der Waals surface area contributed by atoms with Gasteiger partial charge < -0.3 is 15.5 Å². The lowest BCUT2D eigenvalue weighted by molar-refractivity contribution is -0.137. The van der Waals surface area contributed by atoms with Crippen LogP contribution in [0.2, 0.25) is 0 Å². The smallest absolute Gasteiger partial charge is 0.342 e. The number of carbonyl (C=O) groups excluding carboxylic acids is 1. The summed E-state index contributed by atoms with van der Waals surface area (Å²) in [5, 5.41) is 8.49. The number of ether oxygens (including phenoxy) is 1. The first-order chi connectivity index (χ1) is 6.52. The fourth-order valence-electron chi connectivity index (χ4n) is 0.594. The molecule has 2 N–H and O–H groups in total. The summed E-state index contributed by atoms with van der Waals surface area (Å²) in [5.41, 5.74) is -0.285. The van der Waals surface area contributed by atoms with Crippen molar-refractivity contribution in [1.82, 2.24) is 5.32 Å². The molecule has 0 atom stereocenters. The lowest BCUT2D eigenvalue weighted by atomic mass is 10.3. The van der Waals surface area contributed by atoms with Crippen molar-refractivity contribution in [3.63, 3.8) is 0 Å². The van der Waals surface area contributed by atoms with Crippen LogP contribution in [0.3, 0.4) is 0 Å². The van der Waals surface area contributed by atoms with Crippen LogP contribution in [0.5, 0.6) is 0 Å². The second-order valence-electron chi connectivity index (χ2n) is 2.04. The van der Waals surface area contributed by atoms with Gasteiger partial charge in [-0.3, -0.25) is 0 Å². The summed E-state index contributed by atoms with van der Waals surface area (Å²) in [5.74, 6) is -0.831. The largest absolute Gasteiger partial charge is 0.462 e. The van der Waals surface area contributed by atoms with Gasteiger partial charge in [0.15, 0.2) is 0 Å². The summed E-state index contributed by atoms with van der Waals surface area (Å²) in [6.07, 6.45) is 0.636. The van der Waals surface area contributed by atoms with Crippen LogP contribution in [0.15, 0.2) is 10.2 Å². The third-order valence-corrected chi connectivity index (χ3v) is 1.77. The van der Waals surface area contributed by atoms with Gasteiger partial charge in [0.1, 0.15) is 5.57 Å². The summed E-state index contributed by atoms with van der Waals surface area (Å²) in [4.78, 5) is 11.1. The number of halogens is 3. The molecule has 0 saturated heterocycles. The van der Waals surface area contributed by atoms with E-state index in [1.807, 2.05) is 0 Å². The first kappa shape index (κ1) is 13.0. The zero-order valence-corrected chi connectivity index (χ0v) is 8.90. The normalized spacial score (nSPS) is 12.1. The molecule has 14 heavy (non-hydrogen) atoms. The van der Waals surface area contributed by atoms with E-state index in [4.69, 9.17) is 5.41 Å². The van der Waals surface area contributed by atoms with Crippen LogP contribution in [0.25, 0.3) is 0 Å². The molecule has 80 valence electrons. The van der Waals surface area contributed by atoms with Gasteiger partial charge in [0.2, 0.25) is 0 Å². The maximum atomic E-state index is 11.8. The fraction of sp³-hybridized carbons (Fsp3) is 0.429. The van der Waals surface area contributed by atoms with Crippen LogP contribution >= 0.6 is 15.9 Å². The molecule has 7 heteroatoms. The molecule has 0 radical (unpaired) electrons. The Hall–Kier alpha value is -0.980. The van der Waals surface area contributed by atoms with Crippen LogP contribution in [0.1, 0.15) is 6.92 Å². The van der Waals surface area contributed by atoms with Gasteiger partial charge in [0.25, 0.3) is 0 Å². The van der Waals surface area contributed by atoms with E-state index in [1.54, 1.807) is 12.2 Å². The van der Waals surface area contributed by atoms with Crippen LogP contribution in [-0.4, -0.2) is 25.3 Å². The molecule has 0 unspecified atom stereocenters. The van der Waals surface area contributed by atoms with Gasteiger partial charge in [-0.1, -0.05) is 0 Å². The van der Waals surface area contributed by atoms with Gasteiger partial charge in [0, 0.05) is 6.21 Å². The highest BCUT2D eigenvalue weighted by Crippen LogP contribution is 2.10. The van der Waals surface area contributed by atoms with Gasteiger partial charge in [-0.05, 0) is 22.9 Å². The molecule has 4 nitrogen and oxygen atoms in total. The quantitative estimate of drug-likeness (QED) is 0.345. The van der Waals surface area contributed by atoms with Gasteiger partial charge in [-0.15, -0.1) is 0 Å². The summed E-state index contributed by atoms with van der Waals surface area (Å²) >= 11 is 2.71. The molecule has 0 aliphatic heterocycles. The molecule has 0 saturated carbocycles. The Balaban J connectivity index is 4.65.